The number of aryl methyl sites for hydroxylation is 2. The van der Waals surface area contributed by atoms with Gasteiger partial charge in [0.25, 0.3) is 0 Å². The smallest absolute Gasteiger partial charge is 0.232 e. The largest absolute Gasteiger partial charge is 0.364 e. The summed E-state index contributed by atoms with van der Waals surface area (Å²) < 4.78 is 7.01. The molecule has 8 nitrogen and oxygen atoms in total. The molecule has 1 saturated heterocycles. The van der Waals surface area contributed by atoms with E-state index in [1.807, 2.05) is 50.9 Å². The van der Waals surface area contributed by atoms with Gasteiger partial charge >= 0.3 is 0 Å². The normalized spacial score (nSPS) is 17.6. The topological polar surface area (TPSA) is 88.6 Å². The third-order valence-corrected chi connectivity index (χ3v) is 5.28. The van der Waals surface area contributed by atoms with Crippen molar-refractivity contribution in [2.24, 2.45) is 0 Å². The van der Waals surface area contributed by atoms with E-state index < -0.39 is 5.41 Å². The molecule has 4 rings (SSSR count). The summed E-state index contributed by atoms with van der Waals surface area (Å²) in [6, 6.07) is 4.01. The molecular weight excluding hydrogens is 344 g/mol. The minimum absolute atomic E-state index is 0.0965. The monoisotopic (exact) mass is 368 g/mol. The van der Waals surface area contributed by atoms with Crippen molar-refractivity contribution >= 4 is 17.4 Å². The van der Waals surface area contributed by atoms with Gasteiger partial charge < -0.3 is 14.7 Å². The summed E-state index contributed by atoms with van der Waals surface area (Å²) in [6.45, 7) is 8.99. The molecule has 1 unspecified atom stereocenters. The van der Waals surface area contributed by atoms with Gasteiger partial charge in [0.15, 0.2) is 5.65 Å². The molecule has 1 aliphatic heterocycles. The third-order valence-electron chi connectivity index (χ3n) is 5.28. The lowest BCUT2D eigenvalue weighted by atomic mass is 9.82. The Hall–Kier alpha value is -2.90. The maximum absolute atomic E-state index is 13.2. The Morgan fingerprint density at radius 1 is 1.33 bits per heavy atom. The lowest BCUT2D eigenvalue weighted by Gasteiger charge is -2.29. The lowest BCUT2D eigenvalue weighted by molar-refractivity contribution is -0.135. The van der Waals surface area contributed by atoms with Crippen LogP contribution in [0.15, 0.2) is 29.0 Å². The molecule has 0 radical (unpaired) electrons. The maximum Gasteiger partial charge on any atom is 0.232 e. The molecular formula is C19H24N6O2. The summed E-state index contributed by atoms with van der Waals surface area (Å²) in [6.07, 6.45) is 4.42. The number of hydrogen-bond donors (Lipinski definition) is 1. The van der Waals surface area contributed by atoms with Gasteiger partial charge in [0.05, 0.1) is 11.1 Å². The van der Waals surface area contributed by atoms with Crippen LogP contribution in [0.1, 0.15) is 37.3 Å². The molecule has 8 heteroatoms. The molecule has 0 aliphatic carbocycles. The quantitative estimate of drug-likeness (QED) is 0.760. The van der Waals surface area contributed by atoms with E-state index in [-0.39, 0.29) is 11.9 Å². The number of fused-ring (bicyclic) bond motifs is 1. The fourth-order valence-corrected chi connectivity index (χ4v) is 4.04. The first-order chi connectivity index (χ1) is 12.9. The van der Waals surface area contributed by atoms with Gasteiger partial charge in [-0.3, -0.25) is 4.79 Å². The summed E-state index contributed by atoms with van der Waals surface area (Å²) in [4.78, 5) is 19.3. The molecule has 1 atom stereocenters. The molecule has 0 saturated carbocycles. The molecule has 0 bridgehead atoms. The van der Waals surface area contributed by atoms with Crippen molar-refractivity contribution in [1.82, 2.24) is 24.7 Å². The van der Waals surface area contributed by atoms with Crippen molar-refractivity contribution in [2.45, 2.75) is 45.6 Å². The second-order valence-electron chi connectivity index (χ2n) is 7.65. The Balaban J connectivity index is 1.46. The Labute approximate surface area is 157 Å². The predicted molar refractivity (Wildman–Crippen MR) is 101 cm³/mol. The molecule has 3 aromatic heterocycles. The van der Waals surface area contributed by atoms with E-state index in [1.165, 1.54) is 0 Å². The molecule has 1 amide bonds. The molecule has 1 aliphatic rings. The van der Waals surface area contributed by atoms with Crippen LogP contribution in [0.25, 0.3) is 5.65 Å². The summed E-state index contributed by atoms with van der Waals surface area (Å²) in [5, 5.41) is 11.9. The van der Waals surface area contributed by atoms with Gasteiger partial charge in [0.2, 0.25) is 5.91 Å². The molecule has 0 aromatic carbocycles. The third kappa shape index (κ3) is 3.05. The number of nitrogens with one attached hydrogen (secondary N) is 1. The van der Waals surface area contributed by atoms with Crippen LogP contribution in [0.5, 0.6) is 0 Å². The van der Waals surface area contributed by atoms with E-state index in [0.29, 0.717) is 12.3 Å². The molecule has 0 spiro atoms. The summed E-state index contributed by atoms with van der Waals surface area (Å²) >= 11 is 0. The molecule has 4 heterocycles. The number of nitrogens with zero attached hydrogens (tertiary/aromatic N) is 5. The zero-order valence-corrected chi connectivity index (χ0v) is 16.1. The number of rotatable bonds is 4. The summed E-state index contributed by atoms with van der Waals surface area (Å²) in [7, 11) is 0. The number of likely N-dealkylation sites (tertiary alicyclic amines) is 1. The number of anilines is 1. The Bertz CT molecular complexity index is 970. The second-order valence-corrected chi connectivity index (χ2v) is 7.65. The van der Waals surface area contributed by atoms with Gasteiger partial charge in [-0.25, -0.2) is 9.50 Å². The molecule has 27 heavy (non-hydrogen) atoms. The average molecular weight is 368 g/mol. The van der Waals surface area contributed by atoms with Gasteiger partial charge in [0.1, 0.15) is 11.6 Å². The van der Waals surface area contributed by atoms with Crippen LogP contribution in [0, 0.1) is 13.8 Å². The average Bonchev–Trinajstić information content (AvgIpc) is 3.34. The van der Waals surface area contributed by atoms with Crippen LogP contribution < -0.4 is 5.32 Å². The Kier molecular flexibility index (Phi) is 4.13. The number of imidazole rings is 1. The van der Waals surface area contributed by atoms with Crippen molar-refractivity contribution in [1.29, 1.82) is 0 Å². The van der Waals surface area contributed by atoms with E-state index in [2.05, 4.69) is 20.6 Å². The van der Waals surface area contributed by atoms with Crippen molar-refractivity contribution in [2.75, 3.05) is 18.4 Å². The van der Waals surface area contributed by atoms with Crippen molar-refractivity contribution in [3.8, 4) is 0 Å². The van der Waals surface area contributed by atoms with Crippen molar-refractivity contribution in [3.05, 3.63) is 41.5 Å². The van der Waals surface area contributed by atoms with Gasteiger partial charge in [-0.15, -0.1) is 5.10 Å². The highest BCUT2D eigenvalue weighted by atomic mass is 16.5. The number of aromatic nitrogens is 4. The van der Waals surface area contributed by atoms with Gasteiger partial charge in [-0.2, -0.15) is 0 Å². The zero-order valence-electron chi connectivity index (χ0n) is 16.1. The predicted octanol–water partition coefficient (Wildman–Crippen LogP) is 2.32. The van der Waals surface area contributed by atoms with Crippen LogP contribution in [0.2, 0.25) is 0 Å². The number of carbonyl (C=O) groups excluding carboxylic acids is 1. The minimum atomic E-state index is -0.670. The first kappa shape index (κ1) is 17.5. The van der Waals surface area contributed by atoms with Crippen LogP contribution in [-0.2, 0) is 10.2 Å². The highest BCUT2D eigenvalue weighted by Gasteiger charge is 2.40. The maximum atomic E-state index is 13.2. The van der Waals surface area contributed by atoms with Crippen LogP contribution in [0.4, 0.5) is 5.82 Å². The van der Waals surface area contributed by atoms with E-state index >= 15 is 0 Å². The van der Waals surface area contributed by atoms with Crippen molar-refractivity contribution in [3.63, 3.8) is 0 Å². The summed E-state index contributed by atoms with van der Waals surface area (Å²) in [5.41, 5.74) is 1.80. The van der Waals surface area contributed by atoms with Crippen LogP contribution >= 0.6 is 0 Å². The van der Waals surface area contributed by atoms with E-state index in [1.54, 1.807) is 10.7 Å². The fourth-order valence-electron chi connectivity index (χ4n) is 4.04. The molecule has 142 valence electrons. The van der Waals surface area contributed by atoms with Crippen LogP contribution in [0.3, 0.4) is 0 Å². The van der Waals surface area contributed by atoms with Gasteiger partial charge in [0, 0.05) is 37.1 Å². The van der Waals surface area contributed by atoms with Gasteiger partial charge in [-0.1, -0.05) is 5.16 Å². The number of amides is 1. The van der Waals surface area contributed by atoms with E-state index in [9.17, 15) is 4.79 Å². The fraction of sp³-hybridized carbons (Fsp3) is 0.474. The Morgan fingerprint density at radius 3 is 2.89 bits per heavy atom. The summed E-state index contributed by atoms with van der Waals surface area (Å²) in [5.74, 6) is 1.58. The first-order valence-electron chi connectivity index (χ1n) is 9.16. The van der Waals surface area contributed by atoms with Gasteiger partial charge in [-0.05, 0) is 46.2 Å². The van der Waals surface area contributed by atoms with E-state index in [0.717, 1.165) is 35.7 Å². The Morgan fingerprint density at radius 2 is 2.15 bits per heavy atom. The van der Waals surface area contributed by atoms with Crippen molar-refractivity contribution < 1.29 is 9.32 Å². The minimum Gasteiger partial charge on any atom is -0.364 e. The number of carbonyl (C=O) groups is 1. The highest BCUT2D eigenvalue weighted by molar-refractivity contribution is 5.88. The standard InChI is InChI=1S/C19H24N6O2/c1-12-17(13(2)27-23-12)19(3,4)18(26)24-9-7-14(11-24)21-15-5-6-16-20-8-10-25(16)22-15/h5-6,8,10,14H,7,9,11H2,1-4H3,(H,21,22). The van der Waals surface area contributed by atoms with Crippen LogP contribution in [-0.4, -0.2) is 49.7 Å². The SMILES string of the molecule is Cc1noc(C)c1C(C)(C)C(=O)N1CCC(Nc2ccc3nccn3n2)C1. The molecule has 3 aromatic rings. The lowest BCUT2D eigenvalue weighted by Crippen LogP contribution is -2.43. The molecule has 1 N–H and O–H groups in total. The highest BCUT2D eigenvalue weighted by Crippen LogP contribution is 2.32. The number of hydrogen-bond acceptors (Lipinski definition) is 6. The first-order valence-corrected chi connectivity index (χ1v) is 9.16. The second kappa shape index (κ2) is 6.37. The molecule has 1 fully saturated rings. The zero-order chi connectivity index (χ0) is 19.2. The van der Waals surface area contributed by atoms with E-state index in [4.69, 9.17) is 4.52 Å².